The number of likely N-dealkylation sites (N-methyl/N-ethyl adjacent to an activating group) is 1. The van der Waals surface area contributed by atoms with Gasteiger partial charge in [-0.1, -0.05) is 39.3 Å². The molecule has 1 amide bonds. The van der Waals surface area contributed by atoms with Crippen molar-refractivity contribution in [2.45, 2.75) is 76.9 Å². The lowest BCUT2D eigenvalue weighted by Gasteiger charge is -2.35. The Hall–Kier alpha value is -2.45. The zero-order valence-corrected chi connectivity index (χ0v) is 20.4. The number of carboxylic acid groups (broad SMARTS) is 1. The summed E-state index contributed by atoms with van der Waals surface area (Å²) in [4.78, 5) is 38.7. The van der Waals surface area contributed by atoms with Gasteiger partial charge in [-0.2, -0.15) is 0 Å². The molecule has 8 heteroatoms. The van der Waals surface area contributed by atoms with Crippen LogP contribution in [0, 0.1) is 5.92 Å². The molecule has 1 aromatic rings. The van der Waals surface area contributed by atoms with Crippen LogP contribution in [0.3, 0.4) is 0 Å². The van der Waals surface area contributed by atoms with Crippen molar-refractivity contribution in [3.8, 4) is 5.75 Å². The van der Waals surface area contributed by atoms with Crippen LogP contribution >= 0.6 is 0 Å². The number of esters is 1. The molecule has 1 aliphatic heterocycles. The lowest BCUT2D eigenvalue weighted by Crippen LogP contribution is -2.53. The minimum absolute atomic E-state index is 0.0261. The number of nitrogens with one attached hydrogen (secondary N) is 1. The van der Waals surface area contributed by atoms with Gasteiger partial charge in [-0.3, -0.25) is 9.59 Å². The molecule has 184 valence electrons. The maximum atomic E-state index is 12.5. The van der Waals surface area contributed by atoms with Gasteiger partial charge in [0.1, 0.15) is 11.8 Å². The Morgan fingerprint density at radius 3 is 2.58 bits per heavy atom. The second-order valence-corrected chi connectivity index (χ2v) is 9.81. The minimum Gasteiger partial charge on any atom is -0.480 e. The summed E-state index contributed by atoms with van der Waals surface area (Å²) in [5.41, 5.74) is -1.03. The van der Waals surface area contributed by atoms with E-state index in [0.29, 0.717) is 5.75 Å². The van der Waals surface area contributed by atoms with E-state index in [1.54, 1.807) is 19.9 Å². The molecule has 0 aromatic heterocycles. The van der Waals surface area contributed by atoms with Gasteiger partial charge in [0.2, 0.25) is 0 Å². The van der Waals surface area contributed by atoms with Gasteiger partial charge in [-0.15, -0.1) is 0 Å². The molecule has 3 unspecified atom stereocenters. The van der Waals surface area contributed by atoms with Crippen molar-refractivity contribution in [3.05, 3.63) is 29.8 Å². The van der Waals surface area contributed by atoms with E-state index in [0.717, 1.165) is 44.3 Å². The molecular weight excluding hydrogens is 424 g/mol. The summed E-state index contributed by atoms with van der Waals surface area (Å²) < 4.78 is 5.47. The Kier molecular flexibility index (Phi) is 9.03. The molecule has 0 spiro atoms. The fraction of sp³-hybridized carbons (Fsp3) is 0.640. The number of aliphatic carboxylic acids is 1. The lowest BCUT2D eigenvalue weighted by molar-refractivity contribution is -0.152. The Morgan fingerprint density at radius 2 is 1.97 bits per heavy atom. The summed E-state index contributed by atoms with van der Waals surface area (Å²) in [6.07, 6.45) is 3.71. The maximum absolute atomic E-state index is 12.5. The monoisotopic (exact) mass is 462 g/mol. The molecule has 1 saturated heterocycles. The van der Waals surface area contributed by atoms with Crippen LogP contribution in [0.1, 0.15) is 65.4 Å². The molecule has 1 fully saturated rings. The number of amides is 1. The number of ether oxygens (including phenoxy) is 1. The smallest absolute Gasteiger partial charge is 0.326 e. The van der Waals surface area contributed by atoms with Gasteiger partial charge in [0.25, 0.3) is 5.91 Å². The highest BCUT2D eigenvalue weighted by Crippen LogP contribution is 2.37. The number of benzene rings is 1. The fourth-order valence-corrected chi connectivity index (χ4v) is 4.48. The van der Waals surface area contributed by atoms with E-state index in [9.17, 15) is 24.6 Å². The molecule has 3 atom stereocenters. The molecule has 0 radical (unpaired) electrons. The van der Waals surface area contributed by atoms with Gasteiger partial charge in [0, 0.05) is 12.0 Å². The predicted octanol–water partition coefficient (Wildman–Crippen LogP) is 2.72. The van der Waals surface area contributed by atoms with Crippen LogP contribution in [0.2, 0.25) is 0 Å². The molecule has 3 N–H and O–H groups in total. The number of aliphatic hydroxyl groups is 1. The first-order valence-electron chi connectivity index (χ1n) is 11.7. The van der Waals surface area contributed by atoms with Crippen molar-refractivity contribution in [3.63, 3.8) is 0 Å². The topological polar surface area (TPSA) is 116 Å². The SMILES string of the molecule is CCC1(c2cccc(OC(=O)CC(C)(O)C(=O)NC(C(=O)O)C(C)C)c2)CCCCN(C)C1. The number of hydrogen-bond acceptors (Lipinski definition) is 6. The van der Waals surface area contributed by atoms with Crippen LogP contribution in [0.15, 0.2) is 24.3 Å². The number of carbonyl (C=O) groups is 3. The van der Waals surface area contributed by atoms with E-state index >= 15 is 0 Å². The van der Waals surface area contributed by atoms with Crippen LogP contribution in [-0.4, -0.2) is 64.7 Å². The Bertz CT molecular complexity index is 853. The van der Waals surface area contributed by atoms with Crippen LogP contribution in [0.5, 0.6) is 5.75 Å². The highest BCUT2D eigenvalue weighted by atomic mass is 16.5. The molecule has 0 bridgehead atoms. The standard InChI is InChI=1S/C25H38N2O6/c1-6-25(12-7-8-13-27(5)16-25)18-10-9-11-19(14-18)33-20(28)15-24(4,32)23(31)26-21(17(2)3)22(29)30/h9-11,14,17,21,32H,6-8,12-13,15-16H2,1-5H3,(H,26,31)(H,29,30). The lowest BCUT2D eigenvalue weighted by atomic mass is 9.74. The van der Waals surface area contributed by atoms with Crippen molar-refractivity contribution in [1.29, 1.82) is 0 Å². The largest absolute Gasteiger partial charge is 0.480 e. The first-order chi connectivity index (χ1) is 15.4. The third kappa shape index (κ3) is 7.01. The Morgan fingerprint density at radius 1 is 1.27 bits per heavy atom. The van der Waals surface area contributed by atoms with Crippen molar-refractivity contribution in [2.75, 3.05) is 20.1 Å². The fourth-order valence-electron chi connectivity index (χ4n) is 4.48. The predicted molar refractivity (Wildman–Crippen MR) is 125 cm³/mol. The quantitative estimate of drug-likeness (QED) is 0.382. The highest BCUT2D eigenvalue weighted by Gasteiger charge is 2.37. The van der Waals surface area contributed by atoms with E-state index < -0.39 is 35.9 Å². The van der Waals surface area contributed by atoms with Crippen molar-refractivity contribution in [2.24, 2.45) is 5.92 Å². The van der Waals surface area contributed by atoms with Gasteiger partial charge >= 0.3 is 11.9 Å². The molecule has 8 nitrogen and oxygen atoms in total. The van der Waals surface area contributed by atoms with Crippen LogP contribution in [0.4, 0.5) is 0 Å². The first-order valence-corrected chi connectivity index (χ1v) is 11.7. The van der Waals surface area contributed by atoms with E-state index in [1.807, 2.05) is 12.1 Å². The third-order valence-corrected chi connectivity index (χ3v) is 6.57. The number of carboxylic acids is 1. The zero-order valence-electron chi connectivity index (χ0n) is 20.4. The van der Waals surface area contributed by atoms with E-state index in [2.05, 4.69) is 30.3 Å². The summed E-state index contributed by atoms with van der Waals surface area (Å²) in [5, 5.41) is 22.1. The van der Waals surface area contributed by atoms with Gasteiger partial charge in [0.15, 0.2) is 5.60 Å². The number of nitrogens with zero attached hydrogens (tertiary/aromatic N) is 1. The number of rotatable bonds is 9. The van der Waals surface area contributed by atoms with Gasteiger partial charge in [0.05, 0.1) is 6.42 Å². The molecule has 33 heavy (non-hydrogen) atoms. The molecular formula is C25H38N2O6. The van der Waals surface area contributed by atoms with Crippen LogP contribution in [-0.2, 0) is 19.8 Å². The summed E-state index contributed by atoms with van der Waals surface area (Å²) >= 11 is 0. The minimum atomic E-state index is -2.11. The van der Waals surface area contributed by atoms with Gasteiger partial charge < -0.3 is 25.2 Å². The highest BCUT2D eigenvalue weighted by molar-refractivity contribution is 5.92. The second-order valence-electron chi connectivity index (χ2n) is 9.81. The summed E-state index contributed by atoms with van der Waals surface area (Å²) in [6.45, 7) is 8.62. The summed E-state index contributed by atoms with van der Waals surface area (Å²) in [5.74, 6) is -2.93. The average Bonchev–Trinajstić information content (AvgIpc) is 2.92. The molecule has 0 aliphatic carbocycles. The molecule has 0 saturated carbocycles. The number of likely N-dealkylation sites (tertiary alicyclic amines) is 1. The van der Waals surface area contributed by atoms with Gasteiger partial charge in [-0.05, 0) is 63.4 Å². The third-order valence-electron chi connectivity index (χ3n) is 6.57. The molecule has 1 aromatic carbocycles. The van der Waals surface area contributed by atoms with Crippen molar-refractivity contribution < 1.29 is 29.3 Å². The van der Waals surface area contributed by atoms with Crippen LogP contribution in [0.25, 0.3) is 0 Å². The second kappa shape index (κ2) is 11.1. The van der Waals surface area contributed by atoms with Crippen LogP contribution < -0.4 is 10.1 Å². The maximum Gasteiger partial charge on any atom is 0.326 e. The molecule has 2 rings (SSSR count). The molecule has 1 aliphatic rings. The normalized spacial score (nSPS) is 22.2. The van der Waals surface area contributed by atoms with Crippen molar-refractivity contribution in [1.82, 2.24) is 10.2 Å². The van der Waals surface area contributed by atoms with Crippen molar-refractivity contribution >= 4 is 17.8 Å². The average molecular weight is 463 g/mol. The van der Waals surface area contributed by atoms with E-state index in [1.165, 1.54) is 6.92 Å². The summed E-state index contributed by atoms with van der Waals surface area (Å²) in [7, 11) is 2.13. The van der Waals surface area contributed by atoms with Gasteiger partial charge in [-0.25, -0.2) is 4.79 Å². The number of hydrogen-bond donors (Lipinski definition) is 3. The van der Waals surface area contributed by atoms with E-state index in [-0.39, 0.29) is 11.3 Å². The Labute approximate surface area is 196 Å². The first kappa shape index (κ1) is 26.8. The number of carbonyl (C=O) groups excluding carboxylic acids is 2. The Balaban J connectivity index is 2.11. The summed E-state index contributed by atoms with van der Waals surface area (Å²) in [6, 6.07) is 6.29. The zero-order chi connectivity index (χ0) is 24.8. The molecule has 1 heterocycles. The van der Waals surface area contributed by atoms with E-state index in [4.69, 9.17) is 4.74 Å².